The molecule has 1 saturated carbocycles. The van der Waals surface area contributed by atoms with Gasteiger partial charge in [0.15, 0.2) is 0 Å². The van der Waals surface area contributed by atoms with Gasteiger partial charge in [0.25, 0.3) is 0 Å². The zero-order chi connectivity index (χ0) is 10.4. The van der Waals surface area contributed by atoms with Crippen LogP contribution >= 0.6 is 0 Å². The van der Waals surface area contributed by atoms with Crippen molar-refractivity contribution < 1.29 is 9.47 Å². The van der Waals surface area contributed by atoms with Crippen LogP contribution in [0.25, 0.3) is 0 Å². The Bertz CT molecular complexity index is 158. The van der Waals surface area contributed by atoms with Gasteiger partial charge in [-0.05, 0) is 33.1 Å². The molecule has 84 valence electrons. The summed E-state index contributed by atoms with van der Waals surface area (Å²) in [5.74, 6) is 0. The van der Waals surface area contributed by atoms with Crippen molar-refractivity contribution in [3.8, 4) is 0 Å². The fourth-order valence-electron chi connectivity index (χ4n) is 2.54. The van der Waals surface area contributed by atoms with Gasteiger partial charge >= 0.3 is 0 Å². The van der Waals surface area contributed by atoms with Gasteiger partial charge in [-0.1, -0.05) is 13.3 Å². The van der Waals surface area contributed by atoms with E-state index in [1.54, 1.807) is 0 Å². The molecular formula is C12H24O2. The molecule has 0 spiro atoms. The van der Waals surface area contributed by atoms with Crippen LogP contribution in [-0.2, 0) is 9.47 Å². The molecule has 1 fully saturated rings. The molecule has 2 atom stereocenters. The molecule has 0 aromatic carbocycles. The highest BCUT2D eigenvalue weighted by molar-refractivity contribution is 4.92. The predicted octanol–water partition coefficient (Wildman–Crippen LogP) is 3.01. The van der Waals surface area contributed by atoms with Crippen LogP contribution in [0.1, 0.15) is 46.5 Å². The van der Waals surface area contributed by atoms with E-state index in [2.05, 4.69) is 20.8 Å². The second kappa shape index (κ2) is 5.72. The third-order valence-electron chi connectivity index (χ3n) is 3.49. The zero-order valence-corrected chi connectivity index (χ0v) is 9.84. The van der Waals surface area contributed by atoms with Gasteiger partial charge in [-0.2, -0.15) is 0 Å². The standard InChI is InChI=1S/C12H24O2/c1-4-12(10-13-5-2)9-7-8-11(12)14-6-3/h11H,4-10H2,1-3H3. The van der Waals surface area contributed by atoms with E-state index in [1.807, 2.05) is 0 Å². The smallest absolute Gasteiger partial charge is 0.0653 e. The van der Waals surface area contributed by atoms with Crippen LogP contribution in [0.15, 0.2) is 0 Å². The van der Waals surface area contributed by atoms with Gasteiger partial charge in [0, 0.05) is 18.6 Å². The van der Waals surface area contributed by atoms with Crippen LogP contribution in [-0.4, -0.2) is 25.9 Å². The molecule has 0 bridgehead atoms. The number of ether oxygens (including phenoxy) is 2. The molecule has 0 aliphatic heterocycles. The van der Waals surface area contributed by atoms with Gasteiger partial charge < -0.3 is 9.47 Å². The van der Waals surface area contributed by atoms with Gasteiger partial charge in [-0.3, -0.25) is 0 Å². The molecule has 0 saturated heterocycles. The molecule has 1 aliphatic carbocycles. The van der Waals surface area contributed by atoms with Crippen molar-refractivity contribution in [2.24, 2.45) is 5.41 Å². The maximum Gasteiger partial charge on any atom is 0.0653 e. The summed E-state index contributed by atoms with van der Waals surface area (Å²) in [4.78, 5) is 0. The first-order valence-corrected chi connectivity index (χ1v) is 5.98. The van der Waals surface area contributed by atoms with Gasteiger partial charge in [-0.25, -0.2) is 0 Å². The second-order valence-electron chi connectivity index (χ2n) is 4.19. The summed E-state index contributed by atoms with van der Waals surface area (Å²) in [6.45, 7) is 8.94. The summed E-state index contributed by atoms with van der Waals surface area (Å²) >= 11 is 0. The monoisotopic (exact) mass is 200 g/mol. The lowest BCUT2D eigenvalue weighted by atomic mass is 9.82. The highest BCUT2D eigenvalue weighted by atomic mass is 16.5. The minimum Gasteiger partial charge on any atom is -0.381 e. The van der Waals surface area contributed by atoms with Crippen LogP contribution in [0.3, 0.4) is 0 Å². The van der Waals surface area contributed by atoms with Crippen molar-refractivity contribution >= 4 is 0 Å². The molecule has 0 N–H and O–H groups in total. The van der Waals surface area contributed by atoms with E-state index >= 15 is 0 Å². The quantitative estimate of drug-likeness (QED) is 0.656. The van der Waals surface area contributed by atoms with Crippen molar-refractivity contribution in [1.29, 1.82) is 0 Å². The Labute approximate surface area is 88.0 Å². The number of hydrogen-bond donors (Lipinski definition) is 0. The zero-order valence-electron chi connectivity index (χ0n) is 9.84. The number of rotatable bonds is 6. The van der Waals surface area contributed by atoms with E-state index < -0.39 is 0 Å². The lowest BCUT2D eigenvalue weighted by Crippen LogP contribution is -2.36. The van der Waals surface area contributed by atoms with Crippen LogP contribution < -0.4 is 0 Å². The summed E-state index contributed by atoms with van der Waals surface area (Å²) in [6.07, 6.45) is 5.40. The minimum atomic E-state index is 0.312. The molecule has 2 unspecified atom stereocenters. The summed E-state index contributed by atoms with van der Waals surface area (Å²) in [5.41, 5.74) is 0.312. The summed E-state index contributed by atoms with van der Waals surface area (Å²) in [7, 11) is 0. The van der Waals surface area contributed by atoms with E-state index in [-0.39, 0.29) is 0 Å². The Morgan fingerprint density at radius 1 is 1.21 bits per heavy atom. The van der Waals surface area contributed by atoms with Crippen LogP contribution in [0.2, 0.25) is 0 Å². The van der Waals surface area contributed by atoms with Gasteiger partial charge in [-0.15, -0.1) is 0 Å². The van der Waals surface area contributed by atoms with Crippen LogP contribution in [0.4, 0.5) is 0 Å². The molecular weight excluding hydrogens is 176 g/mol. The molecule has 14 heavy (non-hydrogen) atoms. The van der Waals surface area contributed by atoms with E-state index in [0.717, 1.165) is 19.8 Å². The largest absolute Gasteiger partial charge is 0.381 e. The van der Waals surface area contributed by atoms with E-state index in [0.29, 0.717) is 11.5 Å². The Morgan fingerprint density at radius 3 is 2.57 bits per heavy atom. The average molecular weight is 200 g/mol. The maximum atomic E-state index is 5.83. The average Bonchev–Trinajstić information content (AvgIpc) is 2.60. The molecule has 0 aromatic rings. The molecule has 0 heterocycles. The molecule has 2 heteroatoms. The first-order chi connectivity index (χ1) is 6.79. The van der Waals surface area contributed by atoms with E-state index in [1.165, 1.54) is 25.7 Å². The molecule has 2 nitrogen and oxygen atoms in total. The van der Waals surface area contributed by atoms with Crippen molar-refractivity contribution in [2.45, 2.75) is 52.6 Å². The summed E-state index contributed by atoms with van der Waals surface area (Å²) in [6, 6.07) is 0. The maximum absolute atomic E-state index is 5.83. The van der Waals surface area contributed by atoms with Crippen molar-refractivity contribution in [3.05, 3.63) is 0 Å². The van der Waals surface area contributed by atoms with Gasteiger partial charge in [0.1, 0.15) is 0 Å². The van der Waals surface area contributed by atoms with E-state index in [9.17, 15) is 0 Å². The predicted molar refractivity (Wildman–Crippen MR) is 58.5 cm³/mol. The molecule has 0 radical (unpaired) electrons. The third kappa shape index (κ3) is 2.48. The first kappa shape index (κ1) is 12.0. The van der Waals surface area contributed by atoms with Crippen LogP contribution in [0, 0.1) is 5.41 Å². The normalized spacial score (nSPS) is 32.4. The molecule has 1 aliphatic rings. The Kier molecular flexibility index (Phi) is 4.90. The molecule has 0 aromatic heterocycles. The topological polar surface area (TPSA) is 18.5 Å². The Balaban J connectivity index is 2.55. The van der Waals surface area contributed by atoms with E-state index in [4.69, 9.17) is 9.47 Å². The minimum absolute atomic E-state index is 0.312. The fourth-order valence-corrected chi connectivity index (χ4v) is 2.54. The molecule has 0 amide bonds. The first-order valence-electron chi connectivity index (χ1n) is 5.98. The van der Waals surface area contributed by atoms with Gasteiger partial charge in [0.2, 0.25) is 0 Å². The highest BCUT2D eigenvalue weighted by Crippen LogP contribution is 2.43. The highest BCUT2D eigenvalue weighted by Gasteiger charge is 2.42. The van der Waals surface area contributed by atoms with Crippen molar-refractivity contribution in [3.63, 3.8) is 0 Å². The fraction of sp³-hybridized carbons (Fsp3) is 1.00. The third-order valence-corrected chi connectivity index (χ3v) is 3.49. The SMILES string of the molecule is CCOCC1(CC)CCCC1OCC. The Hall–Kier alpha value is -0.0800. The lowest BCUT2D eigenvalue weighted by molar-refractivity contribution is -0.0613. The van der Waals surface area contributed by atoms with Gasteiger partial charge in [0.05, 0.1) is 12.7 Å². The van der Waals surface area contributed by atoms with Crippen molar-refractivity contribution in [1.82, 2.24) is 0 Å². The van der Waals surface area contributed by atoms with Crippen molar-refractivity contribution in [2.75, 3.05) is 19.8 Å². The Morgan fingerprint density at radius 2 is 2.00 bits per heavy atom. The van der Waals surface area contributed by atoms with Crippen LogP contribution in [0.5, 0.6) is 0 Å². The second-order valence-corrected chi connectivity index (χ2v) is 4.19. The summed E-state index contributed by atoms with van der Waals surface area (Å²) in [5, 5.41) is 0. The summed E-state index contributed by atoms with van der Waals surface area (Å²) < 4.78 is 11.4. The molecule has 1 rings (SSSR count). The lowest BCUT2D eigenvalue weighted by Gasteiger charge is -2.34. The number of hydrogen-bond acceptors (Lipinski definition) is 2.